The van der Waals surface area contributed by atoms with E-state index in [1.54, 1.807) is 25.9 Å². The highest BCUT2D eigenvalue weighted by Gasteiger charge is 2.38. The quantitative estimate of drug-likeness (QED) is 0.727. The Morgan fingerprint density at radius 3 is 2.19 bits per heavy atom. The van der Waals surface area contributed by atoms with Gasteiger partial charge in [0.15, 0.2) is 0 Å². The molecule has 2 rings (SSSR count). The number of hydrogen-bond acceptors (Lipinski definition) is 3. The zero-order valence-electron chi connectivity index (χ0n) is 16.5. The van der Waals surface area contributed by atoms with Crippen LogP contribution in [-0.4, -0.2) is 30.4 Å². The Bertz CT molecular complexity index is 755. The molecule has 0 heterocycles. The summed E-state index contributed by atoms with van der Waals surface area (Å²) < 4.78 is 5.13. The van der Waals surface area contributed by atoms with E-state index in [2.05, 4.69) is 5.32 Å². The zero-order valence-corrected chi connectivity index (χ0v) is 16.5. The van der Waals surface area contributed by atoms with Gasteiger partial charge in [-0.15, -0.1) is 0 Å². The topological polar surface area (TPSA) is 58.6 Å². The normalized spacial score (nSPS) is 11.0. The van der Waals surface area contributed by atoms with Gasteiger partial charge >= 0.3 is 0 Å². The van der Waals surface area contributed by atoms with Crippen LogP contribution in [0.3, 0.4) is 0 Å². The summed E-state index contributed by atoms with van der Waals surface area (Å²) in [6, 6.07) is 17.3. The fourth-order valence-corrected chi connectivity index (χ4v) is 2.77. The van der Waals surface area contributed by atoms with E-state index in [4.69, 9.17) is 4.74 Å². The number of methoxy groups -OCH3 is 1. The third kappa shape index (κ3) is 5.33. The molecule has 2 aromatic rings. The molecule has 1 N–H and O–H groups in total. The molecule has 0 aliphatic rings. The van der Waals surface area contributed by atoms with Gasteiger partial charge in [-0.05, 0) is 44.0 Å². The number of benzene rings is 2. The third-order valence-electron chi connectivity index (χ3n) is 4.60. The maximum Gasteiger partial charge on any atom is 0.237 e. The van der Waals surface area contributed by atoms with Gasteiger partial charge in [0.25, 0.3) is 0 Å². The molecule has 0 aliphatic carbocycles. The van der Waals surface area contributed by atoms with Gasteiger partial charge in [-0.25, -0.2) is 0 Å². The van der Waals surface area contributed by atoms with Crippen LogP contribution in [0.2, 0.25) is 0 Å². The van der Waals surface area contributed by atoms with E-state index in [1.165, 1.54) is 0 Å². The average molecular weight is 368 g/mol. The predicted molar refractivity (Wildman–Crippen MR) is 106 cm³/mol. The van der Waals surface area contributed by atoms with Gasteiger partial charge in [-0.2, -0.15) is 0 Å². The van der Waals surface area contributed by atoms with Crippen LogP contribution in [0.5, 0.6) is 5.75 Å². The molecule has 0 bridgehead atoms. The van der Waals surface area contributed by atoms with Crippen LogP contribution in [0.25, 0.3) is 0 Å². The van der Waals surface area contributed by atoms with Gasteiger partial charge in [0, 0.05) is 19.6 Å². The van der Waals surface area contributed by atoms with E-state index in [9.17, 15) is 9.59 Å². The Morgan fingerprint density at radius 1 is 1.00 bits per heavy atom. The summed E-state index contributed by atoms with van der Waals surface area (Å²) in [6.07, 6.45) is 0. The molecule has 0 fully saturated rings. The average Bonchev–Trinajstić information content (AvgIpc) is 2.70. The van der Waals surface area contributed by atoms with Crippen LogP contribution in [0, 0.1) is 5.41 Å². The van der Waals surface area contributed by atoms with Crippen molar-refractivity contribution in [2.45, 2.75) is 33.9 Å². The molecule has 2 amide bonds. The third-order valence-corrected chi connectivity index (χ3v) is 4.60. The maximum atomic E-state index is 13.0. The van der Waals surface area contributed by atoms with Crippen LogP contribution in [0.4, 0.5) is 0 Å². The Labute approximate surface area is 161 Å². The molecule has 0 atom stereocenters. The van der Waals surface area contributed by atoms with Crippen molar-refractivity contribution in [3.63, 3.8) is 0 Å². The van der Waals surface area contributed by atoms with Crippen LogP contribution in [-0.2, 0) is 22.7 Å². The van der Waals surface area contributed by atoms with Crippen molar-refractivity contribution in [1.29, 1.82) is 0 Å². The molecular weight excluding hydrogens is 340 g/mol. The number of nitrogens with zero attached hydrogens (tertiary/aromatic N) is 1. The summed E-state index contributed by atoms with van der Waals surface area (Å²) in [4.78, 5) is 27.4. The van der Waals surface area contributed by atoms with Gasteiger partial charge in [-0.3, -0.25) is 9.59 Å². The number of ether oxygens (including phenoxy) is 1. The Balaban J connectivity index is 2.00. The number of amides is 2. The van der Waals surface area contributed by atoms with Crippen molar-refractivity contribution < 1.29 is 14.3 Å². The lowest BCUT2D eigenvalue weighted by Gasteiger charge is -2.30. The van der Waals surface area contributed by atoms with E-state index in [-0.39, 0.29) is 11.8 Å². The highest BCUT2D eigenvalue weighted by atomic mass is 16.5. The zero-order chi connectivity index (χ0) is 19.9. The van der Waals surface area contributed by atoms with Crippen LogP contribution < -0.4 is 10.1 Å². The molecule has 0 saturated heterocycles. The molecule has 27 heavy (non-hydrogen) atoms. The largest absolute Gasteiger partial charge is 0.497 e. The number of rotatable bonds is 8. The van der Waals surface area contributed by atoms with Gasteiger partial charge in [0.1, 0.15) is 11.2 Å². The summed E-state index contributed by atoms with van der Waals surface area (Å²) in [6.45, 7) is 6.67. The fourth-order valence-electron chi connectivity index (χ4n) is 2.77. The molecule has 144 valence electrons. The van der Waals surface area contributed by atoms with E-state index in [0.717, 1.165) is 16.9 Å². The molecule has 5 nitrogen and oxygen atoms in total. The molecular formula is C22H28N2O3. The van der Waals surface area contributed by atoms with Crippen LogP contribution in [0.15, 0.2) is 54.6 Å². The first-order valence-corrected chi connectivity index (χ1v) is 9.13. The molecule has 5 heteroatoms. The highest BCUT2D eigenvalue weighted by Crippen LogP contribution is 2.21. The lowest BCUT2D eigenvalue weighted by atomic mass is 9.90. The Hall–Kier alpha value is -2.82. The fraction of sp³-hybridized carbons (Fsp3) is 0.364. The molecule has 2 aromatic carbocycles. The number of carbonyl (C=O) groups excluding carboxylic acids is 2. The highest BCUT2D eigenvalue weighted by molar-refractivity contribution is 6.04. The first-order chi connectivity index (χ1) is 12.9. The van der Waals surface area contributed by atoms with Gasteiger partial charge in [-0.1, -0.05) is 42.5 Å². The van der Waals surface area contributed by atoms with Crippen molar-refractivity contribution >= 4 is 11.8 Å². The first-order valence-electron chi connectivity index (χ1n) is 9.13. The van der Waals surface area contributed by atoms with E-state index < -0.39 is 5.41 Å². The smallest absolute Gasteiger partial charge is 0.237 e. The Morgan fingerprint density at radius 2 is 1.63 bits per heavy atom. The molecule has 0 saturated carbocycles. The maximum absolute atomic E-state index is 13.0. The lowest BCUT2D eigenvalue weighted by molar-refractivity contribution is -0.149. The van der Waals surface area contributed by atoms with E-state index in [1.807, 2.05) is 61.5 Å². The second-order valence-corrected chi connectivity index (χ2v) is 6.96. The summed E-state index contributed by atoms with van der Waals surface area (Å²) >= 11 is 0. The summed E-state index contributed by atoms with van der Waals surface area (Å²) in [7, 11) is 1.61. The van der Waals surface area contributed by atoms with Crippen LogP contribution >= 0.6 is 0 Å². The SMILES string of the molecule is CCN(Cc1ccccc1)C(=O)C(C)(C)C(=O)NCc1ccc(OC)cc1. The number of carbonyl (C=O) groups is 2. The standard InChI is InChI=1S/C22H28N2O3/c1-5-24(16-18-9-7-6-8-10-18)21(26)22(2,3)20(25)23-15-17-11-13-19(27-4)14-12-17/h6-14H,5,15-16H2,1-4H3,(H,23,25). The molecule has 0 spiro atoms. The van der Waals surface area contributed by atoms with Crippen molar-refractivity contribution in [1.82, 2.24) is 10.2 Å². The summed E-state index contributed by atoms with van der Waals surface area (Å²) in [5, 5.41) is 2.87. The van der Waals surface area contributed by atoms with Crippen LogP contribution in [0.1, 0.15) is 31.9 Å². The number of nitrogens with one attached hydrogen (secondary N) is 1. The minimum Gasteiger partial charge on any atom is -0.497 e. The number of hydrogen-bond donors (Lipinski definition) is 1. The minimum absolute atomic E-state index is 0.180. The molecule has 0 aliphatic heterocycles. The molecule has 0 radical (unpaired) electrons. The first kappa shape index (κ1) is 20.5. The molecule has 0 aromatic heterocycles. The van der Waals surface area contributed by atoms with Crippen molar-refractivity contribution in [2.75, 3.05) is 13.7 Å². The summed E-state index contributed by atoms with van der Waals surface area (Å²) in [5.41, 5.74) is 0.850. The van der Waals surface area contributed by atoms with E-state index >= 15 is 0 Å². The lowest BCUT2D eigenvalue weighted by Crippen LogP contribution is -2.49. The minimum atomic E-state index is -1.14. The van der Waals surface area contributed by atoms with Crippen molar-refractivity contribution in [3.05, 3.63) is 65.7 Å². The van der Waals surface area contributed by atoms with Gasteiger partial charge < -0.3 is 15.0 Å². The van der Waals surface area contributed by atoms with Crippen molar-refractivity contribution in [3.8, 4) is 5.75 Å². The molecule has 0 unspecified atom stereocenters. The summed E-state index contributed by atoms with van der Waals surface area (Å²) in [5.74, 6) is 0.302. The van der Waals surface area contributed by atoms with Gasteiger partial charge in [0.05, 0.1) is 7.11 Å². The van der Waals surface area contributed by atoms with Gasteiger partial charge in [0.2, 0.25) is 11.8 Å². The van der Waals surface area contributed by atoms with E-state index in [0.29, 0.717) is 19.6 Å². The Kier molecular flexibility index (Phi) is 6.99. The second-order valence-electron chi connectivity index (χ2n) is 6.96. The second kappa shape index (κ2) is 9.21. The predicted octanol–water partition coefficient (Wildman–Crippen LogP) is 3.39. The monoisotopic (exact) mass is 368 g/mol. The van der Waals surface area contributed by atoms with Crippen molar-refractivity contribution in [2.24, 2.45) is 5.41 Å².